The number of carbonyl (C=O) groups is 2. The minimum absolute atomic E-state index is 0.0539. The average molecular weight is 424 g/mol. The number of hydrogen-bond donors (Lipinski definition) is 2. The van der Waals surface area contributed by atoms with Crippen LogP contribution in [0.3, 0.4) is 0 Å². The summed E-state index contributed by atoms with van der Waals surface area (Å²) in [4.78, 5) is 26.9. The molecule has 1 heterocycles. The van der Waals surface area contributed by atoms with Crippen LogP contribution in [0.25, 0.3) is 0 Å². The van der Waals surface area contributed by atoms with Crippen LogP contribution in [-0.4, -0.2) is 43.6 Å². The summed E-state index contributed by atoms with van der Waals surface area (Å²) in [6.07, 6.45) is 5.22. The van der Waals surface area contributed by atoms with Crippen molar-refractivity contribution < 1.29 is 19.1 Å². The van der Waals surface area contributed by atoms with Gasteiger partial charge in [-0.25, -0.2) is 4.79 Å². The Morgan fingerprint density at radius 1 is 0.968 bits per heavy atom. The van der Waals surface area contributed by atoms with Crippen molar-refractivity contribution in [3.05, 3.63) is 53.1 Å². The van der Waals surface area contributed by atoms with Crippen LogP contribution in [0.4, 0.5) is 10.5 Å². The molecule has 0 saturated heterocycles. The van der Waals surface area contributed by atoms with Crippen LogP contribution >= 0.6 is 0 Å². The highest BCUT2D eigenvalue weighted by Crippen LogP contribution is 2.33. The lowest BCUT2D eigenvalue weighted by Gasteiger charge is -2.29. The average Bonchev–Trinajstić information content (AvgIpc) is 3.31. The maximum atomic E-state index is 12.8. The zero-order valence-corrected chi connectivity index (χ0v) is 18.1. The number of nitrogens with one attached hydrogen (secondary N) is 2. The van der Waals surface area contributed by atoms with Crippen molar-refractivity contribution in [1.82, 2.24) is 10.2 Å². The van der Waals surface area contributed by atoms with Crippen molar-refractivity contribution in [2.24, 2.45) is 0 Å². The number of fused-ring (bicyclic) bond motifs is 1. The van der Waals surface area contributed by atoms with Gasteiger partial charge in [-0.05, 0) is 66.8 Å². The Balaban J connectivity index is 1.37. The SMILES string of the molecule is COc1cc2c(cc1OC)CN(C(=O)Nc1ccc(C(=O)NC3CCCC3)cc1)CC2. The first-order valence-corrected chi connectivity index (χ1v) is 10.8. The number of benzene rings is 2. The third-order valence-electron chi connectivity index (χ3n) is 6.09. The topological polar surface area (TPSA) is 79.9 Å². The number of ether oxygens (including phenoxy) is 2. The fraction of sp³-hybridized carbons (Fsp3) is 0.417. The molecule has 2 N–H and O–H groups in total. The Kier molecular flexibility index (Phi) is 6.30. The first kappa shape index (κ1) is 21.0. The van der Waals surface area contributed by atoms with Crippen LogP contribution in [0, 0.1) is 0 Å². The fourth-order valence-corrected chi connectivity index (χ4v) is 4.30. The van der Waals surface area contributed by atoms with Crippen molar-refractivity contribution in [1.29, 1.82) is 0 Å². The molecule has 0 atom stereocenters. The van der Waals surface area contributed by atoms with E-state index in [1.165, 1.54) is 18.4 Å². The summed E-state index contributed by atoms with van der Waals surface area (Å²) in [5.41, 5.74) is 3.50. The quantitative estimate of drug-likeness (QED) is 0.763. The summed E-state index contributed by atoms with van der Waals surface area (Å²) in [6.45, 7) is 1.12. The van der Waals surface area contributed by atoms with Crippen LogP contribution in [0.5, 0.6) is 11.5 Å². The predicted octanol–water partition coefficient (Wildman–Crippen LogP) is 3.97. The van der Waals surface area contributed by atoms with Crippen molar-refractivity contribution in [3.8, 4) is 11.5 Å². The Bertz CT molecular complexity index is 952. The highest BCUT2D eigenvalue weighted by atomic mass is 16.5. The van der Waals surface area contributed by atoms with Gasteiger partial charge < -0.3 is 25.0 Å². The molecule has 0 aromatic heterocycles. The van der Waals surface area contributed by atoms with Crippen LogP contribution < -0.4 is 20.1 Å². The van der Waals surface area contributed by atoms with E-state index in [1.54, 1.807) is 43.4 Å². The standard InChI is InChI=1S/C24H29N3O4/c1-30-21-13-17-11-12-27(15-18(17)14-22(21)31-2)24(29)26-20-9-7-16(8-10-20)23(28)25-19-5-3-4-6-19/h7-10,13-14,19H,3-6,11-12,15H2,1-2H3,(H,25,28)(H,26,29). The van der Waals surface area contributed by atoms with E-state index in [4.69, 9.17) is 9.47 Å². The lowest BCUT2D eigenvalue weighted by Crippen LogP contribution is -2.38. The Morgan fingerprint density at radius 2 is 1.61 bits per heavy atom. The summed E-state index contributed by atoms with van der Waals surface area (Å²) in [5, 5.41) is 6.01. The molecule has 3 amide bonds. The summed E-state index contributed by atoms with van der Waals surface area (Å²) in [5.74, 6) is 1.31. The van der Waals surface area contributed by atoms with Crippen LogP contribution in [0.15, 0.2) is 36.4 Å². The number of nitrogens with zero attached hydrogens (tertiary/aromatic N) is 1. The number of rotatable bonds is 5. The monoisotopic (exact) mass is 423 g/mol. The number of anilines is 1. The molecule has 7 nitrogen and oxygen atoms in total. The largest absolute Gasteiger partial charge is 0.493 e. The van der Waals surface area contributed by atoms with Gasteiger partial charge in [-0.15, -0.1) is 0 Å². The number of urea groups is 1. The minimum Gasteiger partial charge on any atom is -0.493 e. The van der Waals surface area contributed by atoms with Gasteiger partial charge in [0.1, 0.15) is 0 Å². The van der Waals surface area contributed by atoms with E-state index in [9.17, 15) is 9.59 Å². The molecular weight excluding hydrogens is 394 g/mol. The van der Waals surface area contributed by atoms with E-state index in [0.717, 1.165) is 24.8 Å². The molecular formula is C24H29N3O4. The van der Waals surface area contributed by atoms with Crippen LogP contribution in [0.2, 0.25) is 0 Å². The third-order valence-corrected chi connectivity index (χ3v) is 6.09. The summed E-state index contributed by atoms with van der Waals surface area (Å²) in [6, 6.07) is 11.1. The summed E-state index contributed by atoms with van der Waals surface area (Å²) in [7, 11) is 3.23. The van der Waals surface area contributed by atoms with E-state index in [2.05, 4.69) is 10.6 Å². The molecule has 2 aliphatic rings. The fourth-order valence-electron chi connectivity index (χ4n) is 4.30. The molecule has 1 saturated carbocycles. The molecule has 2 aromatic carbocycles. The number of amides is 3. The van der Waals surface area contributed by atoms with E-state index in [0.29, 0.717) is 35.8 Å². The Morgan fingerprint density at radius 3 is 2.26 bits per heavy atom. The second kappa shape index (κ2) is 9.29. The summed E-state index contributed by atoms with van der Waals surface area (Å²) < 4.78 is 10.8. The van der Waals surface area contributed by atoms with Gasteiger partial charge in [0.05, 0.1) is 14.2 Å². The van der Waals surface area contributed by atoms with E-state index >= 15 is 0 Å². The predicted molar refractivity (Wildman–Crippen MR) is 119 cm³/mol. The smallest absolute Gasteiger partial charge is 0.322 e. The molecule has 7 heteroatoms. The molecule has 1 aliphatic heterocycles. The zero-order chi connectivity index (χ0) is 21.8. The van der Waals surface area contributed by atoms with Gasteiger partial charge in [-0.2, -0.15) is 0 Å². The first-order chi connectivity index (χ1) is 15.1. The number of carbonyl (C=O) groups excluding carboxylic acids is 2. The first-order valence-electron chi connectivity index (χ1n) is 10.8. The molecule has 0 spiro atoms. The lowest BCUT2D eigenvalue weighted by atomic mass is 9.99. The van der Waals surface area contributed by atoms with Gasteiger partial charge in [-0.1, -0.05) is 12.8 Å². The van der Waals surface area contributed by atoms with E-state index in [1.807, 2.05) is 12.1 Å². The zero-order valence-electron chi connectivity index (χ0n) is 18.1. The third kappa shape index (κ3) is 4.76. The Labute approximate surface area is 182 Å². The van der Waals surface area contributed by atoms with Crippen molar-refractivity contribution in [2.45, 2.75) is 44.7 Å². The van der Waals surface area contributed by atoms with Crippen LogP contribution in [0.1, 0.15) is 47.2 Å². The maximum Gasteiger partial charge on any atom is 0.322 e. The van der Waals surface area contributed by atoms with Gasteiger partial charge in [0.25, 0.3) is 5.91 Å². The van der Waals surface area contributed by atoms with Gasteiger partial charge in [-0.3, -0.25) is 4.79 Å². The second-order valence-corrected chi connectivity index (χ2v) is 8.11. The van der Waals surface area contributed by atoms with E-state index in [-0.39, 0.29) is 18.0 Å². The van der Waals surface area contributed by atoms with Gasteiger partial charge >= 0.3 is 6.03 Å². The molecule has 0 unspecified atom stereocenters. The second-order valence-electron chi connectivity index (χ2n) is 8.11. The molecule has 4 rings (SSSR count). The highest BCUT2D eigenvalue weighted by Gasteiger charge is 2.23. The van der Waals surface area contributed by atoms with Crippen molar-refractivity contribution in [2.75, 3.05) is 26.1 Å². The van der Waals surface area contributed by atoms with Crippen LogP contribution in [-0.2, 0) is 13.0 Å². The summed E-state index contributed by atoms with van der Waals surface area (Å²) >= 11 is 0. The molecule has 1 aliphatic carbocycles. The normalized spacial score (nSPS) is 15.9. The van der Waals surface area contributed by atoms with Gasteiger partial charge in [0, 0.05) is 30.4 Å². The molecule has 0 radical (unpaired) electrons. The van der Waals surface area contributed by atoms with Crippen molar-refractivity contribution in [3.63, 3.8) is 0 Å². The lowest BCUT2D eigenvalue weighted by molar-refractivity contribution is 0.0938. The molecule has 2 aromatic rings. The highest BCUT2D eigenvalue weighted by molar-refractivity contribution is 5.95. The minimum atomic E-state index is -0.163. The number of hydrogen-bond acceptors (Lipinski definition) is 4. The molecule has 164 valence electrons. The molecule has 1 fully saturated rings. The molecule has 31 heavy (non-hydrogen) atoms. The van der Waals surface area contributed by atoms with Crippen molar-refractivity contribution >= 4 is 17.6 Å². The van der Waals surface area contributed by atoms with Gasteiger partial charge in [0.15, 0.2) is 11.5 Å². The van der Waals surface area contributed by atoms with Gasteiger partial charge in [0.2, 0.25) is 0 Å². The maximum absolute atomic E-state index is 12.8. The Hall–Kier alpha value is -3.22. The van der Waals surface area contributed by atoms with E-state index < -0.39 is 0 Å². The molecule has 0 bridgehead atoms. The number of methoxy groups -OCH3 is 2.